The molecule has 14 heavy (non-hydrogen) atoms. The predicted octanol–water partition coefficient (Wildman–Crippen LogP) is 4.37. The Hall–Kier alpha value is -0.240. The highest BCUT2D eigenvalue weighted by Gasteiger charge is 2.19. The summed E-state index contributed by atoms with van der Waals surface area (Å²) in [5.41, 5.74) is -1.36. The second-order valence-corrected chi connectivity index (χ2v) is 4.84. The van der Waals surface area contributed by atoms with Crippen molar-refractivity contribution < 1.29 is 9.90 Å². The van der Waals surface area contributed by atoms with E-state index in [0.29, 0.717) is 0 Å². The summed E-state index contributed by atoms with van der Waals surface area (Å²) in [7, 11) is 0. The van der Waals surface area contributed by atoms with Crippen molar-refractivity contribution in [3.05, 3.63) is 0 Å². The molecule has 0 heterocycles. The lowest BCUT2D eigenvalue weighted by molar-refractivity contribution is 0.220. The fraction of sp³-hybridized carbons (Fsp3) is 0.909. The Kier molecular flexibility index (Phi) is 6.98. The summed E-state index contributed by atoms with van der Waals surface area (Å²) in [6, 6.07) is 0. The molecule has 1 rings (SSSR count). The van der Waals surface area contributed by atoms with Crippen LogP contribution < -0.4 is 0 Å². The standard InChI is InChI=1S/C10H20.CHClO2/c1-8(2)10-6-4-9(3)5-7-10;2-1(3)4/h8-10H,4-7H2,1-3H3;(H,3,4). The van der Waals surface area contributed by atoms with Gasteiger partial charge in [0.1, 0.15) is 0 Å². The third-order valence-electron chi connectivity index (χ3n) is 3.00. The number of rotatable bonds is 1. The van der Waals surface area contributed by atoms with Crippen LogP contribution in [0.15, 0.2) is 0 Å². The summed E-state index contributed by atoms with van der Waals surface area (Å²) < 4.78 is 0. The van der Waals surface area contributed by atoms with Crippen LogP contribution in [-0.2, 0) is 0 Å². The van der Waals surface area contributed by atoms with Gasteiger partial charge >= 0.3 is 5.43 Å². The Morgan fingerprint density at radius 2 is 1.64 bits per heavy atom. The van der Waals surface area contributed by atoms with Crippen molar-refractivity contribution in [2.45, 2.75) is 46.5 Å². The summed E-state index contributed by atoms with van der Waals surface area (Å²) in [4.78, 5) is 8.77. The first-order valence-electron chi connectivity index (χ1n) is 5.32. The minimum Gasteiger partial charge on any atom is -0.469 e. The zero-order valence-electron chi connectivity index (χ0n) is 9.29. The van der Waals surface area contributed by atoms with Gasteiger partial charge in [0.2, 0.25) is 0 Å². The highest BCUT2D eigenvalue weighted by atomic mass is 35.5. The fourth-order valence-corrected chi connectivity index (χ4v) is 1.95. The fourth-order valence-electron chi connectivity index (χ4n) is 1.95. The van der Waals surface area contributed by atoms with E-state index < -0.39 is 5.43 Å². The Balaban J connectivity index is 0.000000364. The van der Waals surface area contributed by atoms with E-state index in [4.69, 9.17) is 9.90 Å². The minimum absolute atomic E-state index is 0.924. The molecule has 0 aromatic heterocycles. The average molecular weight is 221 g/mol. The first-order valence-corrected chi connectivity index (χ1v) is 5.69. The average Bonchev–Trinajstić information content (AvgIpc) is 2.03. The first kappa shape index (κ1) is 13.8. The van der Waals surface area contributed by atoms with Crippen molar-refractivity contribution in [3.63, 3.8) is 0 Å². The van der Waals surface area contributed by atoms with Gasteiger partial charge in [0.15, 0.2) is 0 Å². The van der Waals surface area contributed by atoms with Gasteiger partial charge in [0.25, 0.3) is 0 Å². The molecule has 1 N–H and O–H groups in total. The molecular weight excluding hydrogens is 200 g/mol. The van der Waals surface area contributed by atoms with Crippen LogP contribution in [-0.4, -0.2) is 10.5 Å². The number of carboxylic acid groups (broad SMARTS) is 1. The summed E-state index contributed by atoms with van der Waals surface area (Å²) in [5, 5.41) is 7.18. The Bertz CT molecular complexity index is 157. The van der Waals surface area contributed by atoms with E-state index in [9.17, 15) is 0 Å². The lowest BCUT2D eigenvalue weighted by atomic mass is 9.78. The van der Waals surface area contributed by atoms with Gasteiger partial charge in [-0.3, -0.25) is 0 Å². The topological polar surface area (TPSA) is 37.3 Å². The Morgan fingerprint density at radius 3 is 1.93 bits per heavy atom. The first-order chi connectivity index (χ1) is 6.43. The van der Waals surface area contributed by atoms with Gasteiger partial charge in [-0.2, -0.15) is 0 Å². The van der Waals surface area contributed by atoms with Crippen LogP contribution in [0, 0.1) is 17.8 Å². The number of hydrogen-bond acceptors (Lipinski definition) is 1. The lowest BCUT2D eigenvalue weighted by Gasteiger charge is -2.28. The summed E-state index contributed by atoms with van der Waals surface area (Å²) in [5.74, 6) is 2.97. The molecule has 1 saturated carbocycles. The molecular formula is C11H21ClO2. The molecule has 0 amide bonds. The number of carbonyl (C=O) groups is 1. The maximum Gasteiger partial charge on any atom is 0.401 e. The van der Waals surface area contributed by atoms with Crippen molar-refractivity contribution in [3.8, 4) is 0 Å². The molecule has 0 unspecified atom stereocenters. The van der Waals surface area contributed by atoms with Crippen LogP contribution in [0.4, 0.5) is 4.79 Å². The van der Waals surface area contributed by atoms with Crippen molar-refractivity contribution in [1.82, 2.24) is 0 Å². The van der Waals surface area contributed by atoms with Gasteiger partial charge in [-0.05, 0) is 30.6 Å². The minimum atomic E-state index is -1.36. The van der Waals surface area contributed by atoms with Crippen LogP contribution in [0.5, 0.6) is 0 Å². The smallest absolute Gasteiger partial charge is 0.401 e. The highest BCUT2D eigenvalue weighted by molar-refractivity contribution is 6.60. The van der Waals surface area contributed by atoms with E-state index in [1.165, 1.54) is 25.7 Å². The molecule has 0 aromatic rings. The van der Waals surface area contributed by atoms with Crippen molar-refractivity contribution >= 4 is 17.0 Å². The summed E-state index contributed by atoms with van der Waals surface area (Å²) >= 11 is 4.19. The molecule has 1 fully saturated rings. The maximum absolute atomic E-state index is 8.77. The van der Waals surface area contributed by atoms with E-state index >= 15 is 0 Å². The zero-order valence-corrected chi connectivity index (χ0v) is 10.0. The Morgan fingerprint density at radius 1 is 1.29 bits per heavy atom. The van der Waals surface area contributed by atoms with Crippen LogP contribution in [0.2, 0.25) is 0 Å². The van der Waals surface area contributed by atoms with Crippen molar-refractivity contribution in [2.24, 2.45) is 17.8 Å². The van der Waals surface area contributed by atoms with Crippen molar-refractivity contribution in [2.75, 3.05) is 0 Å². The Labute approximate surface area is 91.6 Å². The number of hydrogen-bond donors (Lipinski definition) is 1. The SMILES string of the molecule is CC1CCC(C(C)C)CC1.O=C(O)Cl. The predicted molar refractivity (Wildman–Crippen MR) is 59.8 cm³/mol. The molecule has 0 aromatic carbocycles. The largest absolute Gasteiger partial charge is 0.469 e. The lowest BCUT2D eigenvalue weighted by Crippen LogP contribution is -2.16. The van der Waals surface area contributed by atoms with E-state index in [-0.39, 0.29) is 0 Å². The molecule has 0 bridgehead atoms. The molecule has 1 aliphatic rings. The van der Waals surface area contributed by atoms with Gasteiger partial charge in [-0.25, -0.2) is 4.79 Å². The van der Waals surface area contributed by atoms with Gasteiger partial charge in [-0.1, -0.05) is 33.6 Å². The van der Waals surface area contributed by atoms with E-state index in [1.807, 2.05) is 0 Å². The molecule has 3 heteroatoms. The zero-order chi connectivity index (χ0) is 11.1. The van der Waals surface area contributed by atoms with E-state index in [2.05, 4.69) is 32.4 Å². The van der Waals surface area contributed by atoms with Gasteiger partial charge in [-0.15, -0.1) is 0 Å². The number of halogens is 1. The maximum atomic E-state index is 8.77. The molecule has 0 aliphatic heterocycles. The van der Waals surface area contributed by atoms with E-state index in [1.54, 1.807) is 0 Å². The van der Waals surface area contributed by atoms with Crippen LogP contribution >= 0.6 is 11.6 Å². The monoisotopic (exact) mass is 220 g/mol. The molecule has 0 saturated heterocycles. The summed E-state index contributed by atoms with van der Waals surface area (Å²) in [6.45, 7) is 7.11. The summed E-state index contributed by atoms with van der Waals surface area (Å²) in [6.07, 6.45) is 5.92. The second kappa shape index (κ2) is 7.10. The quantitative estimate of drug-likeness (QED) is 0.667. The highest BCUT2D eigenvalue weighted by Crippen LogP contribution is 2.32. The third kappa shape index (κ3) is 7.19. The molecule has 1 aliphatic carbocycles. The molecule has 2 nitrogen and oxygen atoms in total. The van der Waals surface area contributed by atoms with E-state index in [0.717, 1.165) is 17.8 Å². The van der Waals surface area contributed by atoms with Gasteiger partial charge < -0.3 is 5.11 Å². The molecule has 84 valence electrons. The molecule has 0 spiro atoms. The van der Waals surface area contributed by atoms with Crippen molar-refractivity contribution in [1.29, 1.82) is 0 Å². The van der Waals surface area contributed by atoms with Crippen LogP contribution in [0.1, 0.15) is 46.5 Å². The molecule has 0 radical (unpaired) electrons. The third-order valence-corrected chi connectivity index (χ3v) is 3.00. The van der Waals surface area contributed by atoms with Crippen LogP contribution in [0.25, 0.3) is 0 Å². The normalized spacial score (nSPS) is 26.6. The van der Waals surface area contributed by atoms with Crippen LogP contribution in [0.3, 0.4) is 0 Å². The van der Waals surface area contributed by atoms with Gasteiger partial charge in [0.05, 0.1) is 0 Å². The molecule has 0 atom stereocenters. The second-order valence-electron chi connectivity index (χ2n) is 4.52. The van der Waals surface area contributed by atoms with Gasteiger partial charge in [0, 0.05) is 11.6 Å².